The molecule has 0 unspecified atom stereocenters. The van der Waals surface area contributed by atoms with Gasteiger partial charge in [-0.15, -0.1) is 0 Å². The van der Waals surface area contributed by atoms with Gasteiger partial charge in [-0.05, 0) is 35.9 Å². The molecule has 0 saturated carbocycles. The molecule has 0 aromatic heterocycles. The molecule has 1 aliphatic heterocycles. The van der Waals surface area contributed by atoms with Gasteiger partial charge in [-0.25, -0.2) is 0 Å². The highest BCUT2D eigenvalue weighted by molar-refractivity contribution is 8.04. The summed E-state index contributed by atoms with van der Waals surface area (Å²) < 4.78 is 0. The maximum absolute atomic E-state index is 12.4. The molecule has 1 heterocycles. The second-order valence-corrected chi connectivity index (χ2v) is 6.02. The van der Waals surface area contributed by atoms with Gasteiger partial charge in [-0.1, -0.05) is 47.6 Å². The van der Waals surface area contributed by atoms with Crippen molar-refractivity contribution in [3.63, 3.8) is 0 Å². The van der Waals surface area contributed by atoms with Gasteiger partial charge in [0.1, 0.15) is 0 Å². The van der Waals surface area contributed by atoms with Crippen LogP contribution in [0.2, 0.25) is 5.02 Å². The average molecular weight is 302 g/mol. The van der Waals surface area contributed by atoms with Gasteiger partial charge in [0.05, 0.1) is 10.6 Å². The van der Waals surface area contributed by atoms with Gasteiger partial charge in [0.25, 0.3) is 5.91 Å². The number of fused-ring (bicyclic) bond motifs is 1. The number of carbonyl (C=O) groups excluding carboxylic acids is 1. The van der Waals surface area contributed by atoms with Crippen molar-refractivity contribution in [2.75, 3.05) is 11.9 Å². The highest BCUT2D eigenvalue weighted by Crippen LogP contribution is 2.41. The van der Waals surface area contributed by atoms with Gasteiger partial charge in [-0.2, -0.15) is 0 Å². The summed E-state index contributed by atoms with van der Waals surface area (Å²) in [6.45, 7) is 0. The molecule has 0 radical (unpaired) electrons. The first-order valence-electron chi connectivity index (χ1n) is 6.17. The number of nitrogens with zero attached hydrogens (tertiary/aromatic N) is 1. The lowest BCUT2D eigenvalue weighted by atomic mass is 10.2. The molecule has 2 aromatic carbocycles. The molecule has 2 nitrogen and oxygen atoms in total. The van der Waals surface area contributed by atoms with Gasteiger partial charge in [0.2, 0.25) is 0 Å². The van der Waals surface area contributed by atoms with Crippen LogP contribution < -0.4 is 4.90 Å². The van der Waals surface area contributed by atoms with Crippen molar-refractivity contribution in [2.24, 2.45) is 0 Å². The predicted molar refractivity (Wildman–Crippen MR) is 85.1 cm³/mol. The van der Waals surface area contributed by atoms with Gasteiger partial charge in [0.15, 0.2) is 0 Å². The van der Waals surface area contributed by atoms with E-state index in [2.05, 4.69) is 0 Å². The molecular weight excluding hydrogens is 290 g/mol. The highest BCUT2D eigenvalue weighted by Gasteiger charge is 2.25. The third-order valence-corrected chi connectivity index (χ3v) is 4.42. The first-order chi connectivity index (χ1) is 9.65. The molecular formula is C16H12ClNOS. The smallest absolute Gasteiger partial charge is 0.264 e. The quantitative estimate of drug-likeness (QED) is 0.725. The highest BCUT2D eigenvalue weighted by atomic mass is 35.5. The lowest BCUT2D eigenvalue weighted by molar-refractivity contribution is -0.114. The van der Waals surface area contributed by atoms with Gasteiger partial charge >= 0.3 is 0 Å². The summed E-state index contributed by atoms with van der Waals surface area (Å²) in [7, 11) is 1.80. The molecule has 2 aromatic rings. The Bertz CT molecular complexity index is 711. The molecule has 100 valence electrons. The minimum absolute atomic E-state index is 0.00803. The second kappa shape index (κ2) is 5.35. The van der Waals surface area contributed by atoms with E-state index in [1.54, 1.807) is 11.9 Å². The molecule has 4 heteroatoms. The number of thioether (sulfide) groups is 1. The van der Waals surface area contributed by atoms with Crippen LogP contribution in [0.5, 0.6) is 0 Å². The molecule has 0 bridgehead atoms. The summed E-state index contributed by atoms with van der Waals surface area (Å²) in [5.74, 6) is 0.00803. The Kier molecular flexibility index (Phi) is 3.55. The van der Waals surface area contributed by atoms with Crippen molar-refractivity contribution in [1.29, 1.82) is 0 Å². The SMILES string of the molecule is CN1C(=O)C(=Cc2cccc(Cl)c2)Sc2ccccc21. The predicted octanol–water partition coefficient (Wildman–Crippen LogP) is 4.45. The van der Waals surface area contributed by atoms with Crippen molar-refractivity contribution in [3.8, 4) is 0 Å². The molecule has 0 saturated heterocycles. The third kappa shape index (κ3) is 2.47. The minimum Gasteiger partial charge on any atom is -0.310 e. The summed E-state index contributed by atoms with van der Waals surface area (Å²) in [5.41, 5.74) is 1.88. The van der Waals surface area contributed by atoms with Gasteiger partial charge < -0.3 is 4.90 Å². The van der Waals surface area contributed by atoms with Crippen LogP contribution in [-0.2, 0) is 4.79 Å². The molecule has 0 N–H and O–H groups in total. The Morgan fingerprint density at radius 3 is 2.75 bits per heavy atom. The maximum atomic E-state index is 12.4. The Morgan fingerprint density at radius 2 is 1.95 bits per heavy atom. The Labute approximate surface area is 127 Å². The number of halogens is 1. The topological polar surface area (TPSA) is 20.3 Å². The summed E-state index contributed by atoms with van der Waals surface area (Å²) in [5, 5.41) is 0.668. The minimum atomic E-state index is 0.00803. The number of hydrogen-bond acceptors (Lipinski definition) is 2. The van der Waals surface area contributed by atoms with Gasteiger partial charge in [0, 0.05) is 17.0 Å². The van der Waals surface area contributed by atoms with E-state index in [9.17, 15) is 4.79 Å². The third-order valence-electron chi connectivity index (χ3n) is 3.11. The van der Waals surface area contributed by atoms with E-state index >= 15 is 0 Å². The Balaban J connectivity index is 2.02. The van der Waals surface area contributed by atoms with Crippen LogP contribution in [0.15, 0.2) is 58.3 Å². The van der Waals surface area contributed by atoms with Crippen LogP contribution in [0.4, 0.5) is 5.69 Å². The van der Waals surface area contributed by atoms with E-state index < -0.39 is 0 Å². The number of amides is 1. The summed E-state index contributed by atoms with van der Waals surface area (Å²) >= 11 is 7.47. The zero-order valence-electron chi connectivity index (χ0n) is 10.8. The molecule has 3 rings (SSSR count). The lowest BCUT2D eigenvalue weighted by Crippen LogP contribution is -2.29. The fraction of sp³-hybridized carbons (Fsp3) is 0.0625. The number of rotatable bonds is 1. The van der Waals surface area contributed by atoms with E-state index in [-0.39, 0.29) is 5.91 Å². The molecule has 1 amide bonds. The molecule has 1 aliphatic rings. The number of para-hydroxylation sites is 1. The standard InChI is InChI=1S/C16H12ClNOS/c1-18-13-7-2-3-8-14(13)20-15(16(18)19)10-11-5-4-6-12(17)9-11/h2-10H,1H3. The van der Waals surface area contributed by atoms with E-state index in [0.717, 1.165) is 16.1 Å². The summed E-state index contributed by atoms with van der Waals surface area (Å²) in [6.07, 6.45) is 1.88. The largest absolute Gasteiger partial charge is 0.310 e. The van der Waals surface area contributed by atoms with Gasteiger partial charge in [-0.3, -0.25) is 4.79 Å². The van der Waals surface area contributed by atoms with Crippen LogP contribution in [-0.4, -0.2) is 13.0 Å². The van der Waals surface area contributed by atoms with Crippen LogP contribution >= 0.6 is 23.4 Å². The number of likely N-dealkylation sites (N-methyl/N-ethyl adjacent to an activating group) is 1. The van der Waals surface area contributed by atoms with Crippen LogP contribution in [0.25, 0.3) is 6.08 Å². The average Bonchev–Trinajstić information content (AvgIpc) is 2.45. The molecule has 0 fully saturated rings. The van der Waals surface area contributed by atoms with Crippen LogP contribution in [0, 0.1) is 0 Å². The fourth-order valence-corrected chi connectivity index (χ4v) is 3.41. The zero-order valence-corrected chi connectivity index (χ0v) is 12.4. The maximum Gasteiger partial charge on any atom is 0.264 e. The molecule has 20 heavy (non-hydrogen) atoms. The monoisotopic (exact) mass is 301 g/mol. The van der Waals surface area contributed by atoms with Crippen LogP contribution in [0.3, 0.4) is 0 Å². The molecule has 0 spiro atoms. The van der Waals surface area contributed by atoms with E-state index in [0.29, 0.717) is 9.93 Å². The normalized spacial score (nSPS) is 16.4. The molecule has 0 atom stereocenters. The number of carbonyl (C=O) groups is 1. The van der Waals surface area contributed by atoms with Crippen molar-refractivity contribution < 1.29 is 4.79 Å². The lowest BCUT2D eigenvalue weighted by Gasteiger charge is -2.26. The van der Waals surface area contributed by atoms with E-state index in [1.807, 2.05) is 54.6 Å². The Hall–Kier alpha value is -1.71. The first-order valence-corrected chi connectivity index (χ1v) is 7.37. The van der Waals surface area contributed by atoms with Crippen molar-refractivity contribution in [3.05, 3.63) is 64.0 Å². The second-order valence-electron chi connectivity index (χ2n) is 4.50. The summed E-state index contributed by atoms with van der Waals surface area (Å²) in [4.78, 5) is 15.9. The van der Waals surface area contributed by atoms with Crippen molar-refractivity contribution in [2.45, 2.75) is 4.90 Å². The fourth-order valence-electron chi connectivity index (χ4n) is 2.10. The van der Waals surface area contributed by atoms with Crippen molar-refractivity contribution in [1.82, 2.24) is 0 Å². The number of hydrogen-bond donors (Lipinski definition) is 0. The first kappa shape index (κ1) is 13.3. The van der Waals surface area contributed by atoms with Crippen molar-refractivity contribution >= 4 is 41.0 Å². The molecule has 0 aliphatic carbocycles. The summed E-state index contributed by atoms with van der Waals surface area (Å²) in [6, 6.07) is 15.4. The Morgan fingerprint density at radius 1 is 1.15 bits per heavy atom. The van der Waals surface area contributed by atoms with Crippen LogP contribution in [0.1, 0.15) is 5.56 Å². The zero-order chi connectivity index (χ0) is 14.1. The van der Waals surface area contributed by atoms with E-state index in [4.69, 9.17) is 11.6 Å². The van der Waals surface area contributed by atoms with E-state index in [1.165, 1.54) is 11.8 Å². The number of anilines is 1. The number of benzene rings is 2.